The lowest BCUT2D eigenvalue weighted by atomic mass is 9.70. The van der Waals surface area contributed by atoms with Gasteiger partial charge in [0.25, 0.3) is 0 Å². The normalized spacial score (nSPS) is 23.8. The van der Waals surface area contributed by atoms with Gasteiger partial charge in [-0.25, -0.2) is 0 Å². The number of rotatable bonds is 4. The van der Waals surface area contributed by atoms with E-state index < -0.39 is 0 Å². The Morgan fingerprint density at radius 1 is 1.17 bits per heavy atom. The van der Waals surface area contributed by atoms with Crippen LogP contribution in [-0.2, 0) is 6.42 Å². The zero-order valence-corrected chi connectivity index (χ0v) is 12.3. The largest absolute Gasteiger partial charge is 0.312 e. The van der Waals surface area contributed by atoms with Crippen molar-refractivity contribution in [2.45, 2.75) is 52.5 Å². The second-order valence-corrected chi connectivity index (χ2v) is 6.92. The highest BCUT2D eigenvalue weighted by atomic mass is 14.9. The zero-order chi connectivity index (χ0) is 13.2. The Hall–Kier alpha value is -0.820. The molecule has 1 saturated carbocycles. The van der Waals surface area contributed by atoms with Crippen LogP contribution in [0.15, 0.2) is 24.3 Å². The molecule has 100 valence electrons. The van der Waals surface area contributed by atoms with Gasteiger partial charge in [0.2, 0.25) is 0 Å². The molecule has 0 bridgehead atoms. The van der Waals surface area contributed by atoms with E-state index in [1.807, 2.05) is 0 Å². The molecule has 18 heavy (non-hydrogen) atoms. The van der Waals surface area contributed by atoms with Crippen molar-refractivity contribution in [3.63, 3.8) is 0 Å². The zero-order valence-electron chi connectivity index (χ0n) is 12.3. The number of benzene rings is 1. The molecule has 1 fully saturated rings. The Labute approximate surface area is 112 Å². The molecule has 0 heterocycles. The second kappa shape index (κ2) is 5.44. The first-order chi connectivity index (χ1) is 8.44. The highest BCUT2D eigenvalue weighted by Crippen LogP contribution is 2.36. The third kappa shape index (κ3) is 3.84. The van der Waals surface area contributed by atoms with E-state index in [1.54, 1.807) is 0 Å². The van der Waals surface area contributed by atoms with Crippen LogP contribution in [0.4, 0.5) is 0 Å². The van der Waals surface area contributed by atoms with E-state index in [0.29, 0.717) is 0 Å². The molecule has 0 aliphatic heterocycles. The van der Waals surface area contributed by atoms with Crippen LogP contribution in [-0.4, -0.2) is 12.1 Å². The Morgan fingerprint density at radius 2 is 1.89 bits per heavy atom. The van der Waals surface area contributed by atoms with Crippen molar-refractivity contribution in [3.05, 3.63) is 35.4 Å². The van der Waals surface area contributed by atoms with Crippen LogP contribution in [0.3, 0.4) is 0 Å². The summed E-state index contributed by atoms with van der Waals surface area (Å²) in [6.45, 7) is 10.1. The van der Waals surface area contributed by atoms with Gasteiger partial charge in [-0.15, -0.1) is 0 Å². The molecule has 0 radical (unpaired) electrons. The van der Waals surface area contributed by atoms with Crippen molar-refractivity contribution in [3.8, 4) is 0 Å². The van der Waals surface area contributed by atoms with E-state index in [2.05, 4.69) is 57.3 Å². The average Bonchev–Trinajstić information content (AvgIpc) is 2.23. The Bertz CT molecular complexity index is 389. The fourth-order valence-electron chi connectivity index (χ4n) is 2.75. The van der Waals surface area contributed by atoms with E-state index in [-0.39, 0.29) is 5.54 Å². The molecule has 0 saturated heterocycles. The highest BCUT2D eigenvalue weighted by Gasteiger charge is 2.31. The van der Waals surface area contributed by atoms with Crippen molar-refractivity contribution in [1.29, 1.82) is 0 Å². The second-order valence-electron chi connectivity index (χ2n) is 6.92. The third-order valence-electron chi connectivity index (χ3n) is 4.05. The first kappa shape index (κ1) is 13.6. The Morgan fingerprint density at radius 3 is 2.44 bits per heavy atom. The van der Waals surface area contributed by atoms with Gasteiger partial charge in [-0.3, -0.25) is 0 Å². The molecule has 2 rings (SSSR count). The van der Waals surface area contributed by atoms with Crippen LogP contribution in [0, 0.1) is 18.8 Å². The van der Waals surface area contributed by atoms with Crippen LogP contribution in [0.5, 0.6) is 0 Å². The minimum Gasteiger partial charge on any atom is -0.312 e. The summed E-state index contributed by atoms with van der Waals surface area (Å²) in [5.74, 6) is 1.77. The molecule has 1 aliphatic carbocycles. The average molecular weight is 245 g/mol. The minimum absolute atomic E-state index is 0.253. The van der Waals surface area contributed by atoms with E-state index in [9.17, 15) is 0 Å². The lowest BCUT2D eigenvalue weighted by molar-refractivity contribution is 0.159. The molecule has 0 aromatic heterocycles. The van der Waals surface area contributed by atoms with Crippen LogP contribution in [0.25, 0.3) is 0 Å². The summed E-state index contributed by atoms with van der Waals surface area (Å²) in [7, 11) is 0. The third-order valence-corrected chi connectivity index (χ3v) is 4.05. The van der Waals surface area contributed by atoms with Crippen molar-refractivity contribution in [2.24, 2.45) is 11.8 Å². The maximum absolute atomic E-state index is 3.65. The summed E-state index contributed by atoms with van der Waals surface area (Å²) in [6, 6.07) is 8.99. The number of aryl methyl sites for hydroxylation is 1. The molecule has 1 heteroatoms. The summed E-state index contributed by atoms with van der Waals surface area (Å²) in [6.07, 6.45) is 4.07. The van der Waals surface area contributed by atoms with E-state index in [0.717, 1.165) is 11.8 Å². The molecule has 1 aromatic rings. The summed E-state index contributed by atoms with van der Waals surface area (Å²) in [4.78, 5) is 0. The van der Waals surface area contributed by atoms with Gasteiger partial charge in [0, 0.05) is 5.54 Å². The van der Waals surface area contributed by atoms with Gasteiger partial charge >= 0.3 is 0 Å². The van der Waals surface area contributed by atoms with Crippen molar-refractivity contribution in [2.75, 3.05) is 6.54 Å². The molecule has 2 unspecified atom stereocenters. The van der Waals surface area contributed by atoms with Gasteiger partial charge in [-0.05, 0) is 70.9 Å². The Balaban J connectivity index is 1.84. The fourth-order valence-corrected chi connectivity index (χ4v) is 2.75. The molecule has 1 N–H and O–H groups in total. The molecular formula is C17H27N. The minimum atomic E-state index is 0.253. The van der Waals surface area contributed by atoms with Gasteiger partial charge in [0.1, 0.15) is 0 Å². The SMILES string of the molecule is Cc1cccc(CC2CCC2CNC(C)(C)C)c1. The first-order valence-electron chi connectivity index (χ1n) is 7.24. The molecule has 2 atom stereocenters. The predicted molar refractivity (Wildman–Crippen MR) is 78.9 cm³/mol. The quantitative estimate of drug-likeness (QED) is 0.847. The first-order valence-corrected chi connectivity index (χ1v) is 7.24. The van der Waals surface area contributed by atoms with Gasteiger partial charge in [-0.1, -0.05) is 29.8 Å². The van der Waals surface area contributed by atoms with Gasteiger partial charge in [-0.2, -0.15) is 0 Å². The molecule has 0 spiro atoms. The van der Waals surface area contributed by atoms with E-state index in [1.165, 1.54) is 36.9 Å². The van der Waals surface area contributed by atoms with E-state index >= 15 is 0 Å². The van der Waals surface area contributed by atoms with Crippen LogP contribution < -0.4 is 5.32 Å². The monoisotopic (exact) mass is 245 g/mol. The van der Waals surface area contributed by atoms with Gasteiger partial charge in [0.05, 0.1) is 0 Å². The molecule has 1 nitrogen and oxygen atoms in total. The maximum atomic E-state index is 3.65. The van der Waals surface area contributed by atoms with Crippen LogP contribution in [0.1, 0.15) is 44.7 Å². The molecule has 1 aliphatic rings. The predicted octanol–water partition coefficient (Wildman–Crippen LogP) is 3.95. The standard InChI is InChI=1S/C17H27N/c1-13-6-5-7-14(10-13)11-15-8-9-16(15)12-18-17(2,3)4/h5-7,10,15-16,18H,8-9,11-12H2,1-4H3. The summed E-state index contributed by atoms with van der Waals surface area (Å²) in [5.41, 5.74) is 3.15. The summed E-state index contributed by atoms with van der Waals surface area (Å²) < 4.78 is 0. The van der Waals surface area contributed by atoms with Crippen molar-refractivity contribution < 1.29 is 0 Å². The number of hydrogen-bond donors (Lipinski definition) is 1. The molecule has 0 amide bonds. The number of nitrogens with one attached hydrogen (secondary N) is 1. The van der Waals surface area contributed by atoms with Crippen LogP contribution in [0.2, 0.25) is 0 Å². The number of hydrogen-bond acceptors (Lipinski definition) is 1. The van der Waals surface area contributed by atoms with Gasteiger partial charge in [0.15, 0.2) is 0 Å². The van der Waals surface area contributed by atoms with Crippen molar-refractivity contribution in [1.82, 2.24) is 5.32 Å². The lowest BCUT2D eigenvalue weighted by Crippen LogP contribution is -2.44. The fraction of sp³-hybridized carbons (Fsp3) is 0.647. The van der Waals surface area contributed by atoms with Crippen molar-refractivity contribution >= 4 is 0 Å². The lowest BCUT2D eigenvalue weighted by Gasteiger charge is -2.39. The van der Waals surface area contributed by atoms with Crippen LogP contribution >= 0.6 is 0 Å². The molecule has 1 aromatic carbocycles. The smallest absolute Gasteiger partial charge is 0.00966 e. The topological polar surface area (TPSA) is 12.0 Å². The summed E-state index contributed by atoms with van der Waals surface area (Å²) in [5, 5.41) is 3.65. The molecular weight excluding hydrogens is 218 g/mol. The highest BCUT2D eigenvalue weighted by molar-refractivity contribution is 5.23. The summed E-state index contributed by atoms with van der Waals surface area (Å²) >= 11 is 0. The van der Waals surface area contributed by atoms with E-state index in [4.69, 9.17) is 0 Å². The van der Waals surface area contributed by atoms with Gasteiger partial charge < -0.3 is 5.32 Å². The Kier molecular flexibility index (Phi) is 4.11. The maximum Gasteiger partial charge on any atom is 0.00966 e.